The Balaban J connectivity index is 2.00. The summed E-state index contributed by atoms with van der Waals surface area (Å²) < 4.78 is 11.5. The Morgan fingerprint density at radius 1 is 1.24 bits per heavy atom. The Morgan fingerprint density at radius 2 is 2.00 bits per heavy atom. The molecule has 1 aliphatic rings. The van der Waals surface area contributed by atoms with E-state index in [9.17, 15) is 5.11 Å². The molecular weight excluding hydrogens is 264 g/mol. The maximum atomic E-state index is 9.71. The fourth-order valence-corrected chi connectivity index (χ4v) is 3.03. The summed E-state index contributed by atoms with van der Waals surface area (Å²) in [5.41, 5.74) is 1.92. The van der Waals surface area contributed by atoms with Crippen molar-refractivity contribution in [1.29, 1.82) is 0 Å². The average molecular weight is 292 g/mol. The van der Waals surface area contributed by atoms with Crippen molar-refractivity contribution in [3.8, 4) is 5.75 Å². The second kappa shape index (κ2) is 7.28. The predicted octanol–water partition coefficient (Wildman–Crippen LogP) is 4.09. The van der Waals surface area contributed by atoms with Gasteiger partial charge < -0.3 is 14.6 Å². The molecule has 118 valence electrons. The molecule has 0 radical (unpaired) electrons. The summed E-state index contributed by atoms with van der Waals surface area (Å²) in [5.74, 6) is 2.36. The number of aliphatic hydroxyl groups excluding tert-OH is 1. The standard InChI is InChI=1S/C18H28O3/c1-12-5-7-17(9-13(12)2)21-11-16-10-15(14(3)19)6-8-18(16)20-4/h6,8,10,12-14,17,19H,5,7,9,11H2,1-4H3. The largest absolute Gasteiger partial charge is 0.496 e. The Hall–Kier alpha value is -1.06. The summed E-state index contributed by atoms with van der Waals surface area (Å²) in [6, 6.07) is 5.79. The number of ether oxygens (including phenoxy) is 2. The summed E-state index contributed by atoms with van der Waals surface area (Å²) in [4.78, 5) is 0. The topological polar surface area (TPSA) is 38.7 Å². The normalized spacial score (nSPS) is 27.4. The number of aliphatic hydroxyl groups is 1. The molecule has 4 atom stereocenters. The Kier molecular flexibility index (Phi) is 5.65. The molecule has 3 heteroatoms. The Bertz CT molecular complexity index is 456. The van der Waals surface area contributed by atoms with E-state index < -0.39 is 6.10 Å². The SMILES string of the molecule is COc1ccc(C(C)O)cc1COC1CCC(C)C(C)C1. The molecule has 1 aromatic carbocycles. The van der Waals surface area contributed by atoms with Crippen LogP contribution in [0.1, 0.15) is 57.3 Å². The van der Waals surface area contributed by atoms with Crippen LogP contribution in [0.15, 0.2) is 18.2 Å². The van der Waals surface area contributed by atoms with E-state index in [0.717, 1.165) is 41.6 Å². The first-order valence-electron chi connectivity index (χ1n) is 7.97. The quantitative estimate of drug-likeness (QED) is 0.888. The second-order valence-electron chi connectivity index (χ2n) is 6.45. The maximum absolute atomic E-state index is 9.71. The van der Waals surface area contributed by atoms with Gasteiger partial charge in [0.15, 0.2) is 0 Å². The van der Waals surface area contributed by atoms with Crippen LogP contribution >= 0.6 is 0 Å². The zero-order valence-electron chi connectivity index (χ0n) is 13.6. The van der Waals surface area contributed by atoms with Gasteiger partial charge in [-0.05, 0) is 55.7 Å². The molecule has 0 aliphatic heterocycles. The minimum absolute atomic E-state index is 0.344. The van der Waals surface area contributed by atoms with Crippen molar-refractivity contribution in [3.63, 3.8) is 0 Å². The van der Waals surface area contributed by atoms with E-state index in [-0.39, 0.29) is 0 Å². The zero-order valence-corrected chi connectivity index (χ0v) is 13.6. The molecule has 0 aromatic heterocycles. The molecule has 0 saturated heterocycles. The molecular formula is C18H28O3. The third-order valence-corrected chi connectivity index (χ3v) is 4.81. The van der Waals surface area contributed by atoms with E-state index >= 15 is 0 Å². The molecule has 0 spiro atoms. The van der Waals surface area contributed by atoms with Crippen LogP contribution in [0.5, 0.6) is 5.75 Å². The number of hydrogen-bond acceptors (Lipinski definition) is 3. The molecule has 0 heterocycles. The van der Waals surface area contributed by atoms with Crippen LogP contribution in [-0.2, 0) is 11.3 Å². The van der Waals surface area contributed by atoms with Crippen LogP contribution in [-0.4, -0.2) is 18.3 Å². The van der Waals surface area contributed by atoms with Gasteiger partial charge in [-0.1, -0.05) is 19.9 Å². The van der Waals surface area contributed by atoms with E-state index in [0.29, 0.717) is 12.7 Å². The predicted molar refractivity (Wildman–Crippen MR) is 84.4 cm³/mol. The number of rotatable bonds is 5. The smallest absolute Gasteiger partial charge is 0.124 e. The lowest BCUT2D eigenvalue weighted by Crippen LogP contribution is -2.26. The zero-order chi connectivity index (χ0) is 15.4. The molecule has 1 aliphatic carbocycles. The molecule has 0 bridgehead atoms. The third-order valence-electron chi connectivity index (χ3n) is 4.81. The summed E-state index contributed by atoms with van der Waals surface area (Å²) in [6.07, 6.45) is 3.40. The molecule has 21 heavy (non-hydrogen) atoms. The molecule has 1 saturated carbocycles. The Labute approximate surface area is 128 Å². The summed E-state index contributed by atoms with van der Waals surface area (Å²) in [5, 5.41) is 9.71. The summed E-state index contributed by atoms with van der Waals surface area (Å²) in [7, 11) is 1.67. The molecule has 1 aromatic rings. The lowest BCUT2D eigenvalue weighted by atomic mass is 9.80. The highest BCUT2D eigenvalue weighted by Crippen LogP contribution is 2.32. The van der Waals surface area contributed by atoms with Crippen molar-refractivity contribution in [2.45, 2.75) is 58.8 Å². The van der Waals surface area contributed by atoms with Crippen LogP contribution in [0.2, 0.25) is 0 Å². The molecule has 2 rings (SSSR count). The molecule has 1 fully saturated rings. The van der Waals surface area contributed by atoms with Gasteiger partial charge in [-0.15, -0.1) is 0 Å². The van der Waals surface area contributed by atoms with Crippen LogP contribution in [0, 0.1) is 11.8 Å². The first-order valence-corrected chi connectivity index (χ1v) is 7.97. The monoisotopic (exact) mass is 292 g/mol. The van der Waals surface area contributed by atoms with Gasteiger partial charge in [0.2, 0.25) is 0 Å². The highest BCUT2D eigenvalue weighted by molar-refractivity contribution is 5.37. The van der Waals surface area contributed by atoms with Crippen LogP contribution in [0.4, 0.5) is 0 Å². The van der Waals surface area contributed by atoms with Crippen LogP contribution in [0.3, 0.4) is 0 Å². The van der Waals surface area contributed by atoms with Gasteiger partial charge in [0.05, 0.1) is 25.9 Å². The lowest BCUT2D eigenvalue weighted by molar-refractivity contribution is -0.00813. The van der Waals surface area contributed by atoms with Gasteiger partial charge in [0, 0.05) is 5.56 Å². The van der Waals surface area contributed by atoms with E-state index in [1.807, 2.05) is 18.2 Å². The fraction of sp³-hybridized carbons (Fsp3) is 0.667. The minimum atomic E-state index is -0.467. The van der Waals surface area contributed by atoms with Gasteiger partial charge in [0.25, 0.3) is 0 Å². The highest BCUT2D eigenvalue weighted by Gasteiger charge is 2.25. The van der Waals surface area contributed by atoms with Crippen molar-refractivity contribution >= 4 is 0 Å². The van der Waals surface area contributed by atoms with E-state index in [4.69, 9.17) is 9.47 Å². The van der Waals surface area contributed by atoms with Crippen molar-refractivity contribution in [2.75, 3.05) is 7.11 Å². The van der Waals surface area contributed by atoms with E-state index in [1.165, 1.54) is 6.42 Å². The number of hydrogen-bond donors (Lipinski definition) is 1. The van der Waals surface area contributed by atoms with E-state index in [1.54, 1.807) is 14.0 Å². The van der Waals surface area contributed by atoms with Gasteiger partial charge in [-0.3, -0.25) is 0 Å². The summed E-state index contributed by atoms with van der Waals surface area (Å²) >= 11 is 0. The molecule has 3 nitrogen and oxygen atoms in total. The molecule has 0 amide bonds. The first-order chi connectivity index (χ1) is 10.0. The minimum Gasteiger partial charge on any atom is -0.496 e. The maximum Gasteiger partial charge on any atom is 0.124 e. The van der Waals surface area contributed by atoms with Crippen molar-refractivity contribution in [2.24, 2.45) is 11.8 Å². The second-order valence-corrected chi connectivity index (χ2v) is 6.45. The van der Waals surface area contributed by atoms with Crippen molar-refractivity contribution in [1.82, 2.24) is 0 Å². The van der Waals surface area contributed by atoms with E-state index in [2.05, 4.69) is 13.8 Å². The van der Waals surface area contributed by atoms with Crippen LogP contribution in [0.25, 0.3) is 0 Å². The molecule has 4 unspecified atom stereocenters. The van der Waals surface area contributed by atoms with Crippen LogP contribution < -0.4 is 4.74 Å². The van der Waals surface area contributed by atoms with Gasteiger partial charge in [-0.25, -0.2) is 0 Å². The number of benzene rings is 1. The number of methoxy groups -OCH3 is 1. The lowest BCUT2D eigenvalue weighted by Gasteiger charge is -2.32. The fourth-order valence-electron chi connectivity index (χ4n) is 3.03. The first kappa shape index (κ1) is 16.3. The van der Waals surface area contributed by atoms with Crippen molar-refractivity contribution < 1.29 is 14.6 Å². The summed E-state index contributed by atoms with van der Waals surface area (Å²) in [6.45, 7) is 6.97. The Morgan fingerprint density at radius 3 is 2.62 bits per heavy atom. The molecule has 1 N–H and O–H groups in total. The highest BCUT2D eigenvalue weighted by atomic mass is 16.5. The van der Waals surface area contributed by atoms with Crippen molar-refractivity contribution in [3.05, 3.63) is 29.3 Å². The third kappa shape index (κ3) is 4.21. The van der Waals surface area contributed by atoms with Gasteiger partial charge in [-0.2, -0.15) is 0 Å². The van der Waals surface area contributed by atoms with Gasteiger partial charge >= 0.3 is 0 Å². The average Bonchev–Trinajstić information content (AvgIpc) is 2.48. The van der Waals surface area contributed by atoms with Gasteiger partial charge in [0.1, 0.15) is 5.75 Å².